The third-order valence-corrected chi connectivity index (χ3v) is 7.13. The molecular weight excluding hydrogens is 512 g/mol. The maximum Gasteiger partial charge on any atom is 0.268 e. The van der Waals surface area contributed by atoms with E-state index in [9.17, 15) is 10.1 Å². The maximum absolute atomic E-state index is 12.6. The van der Waals surface area contributed by atoms with Crippen LogP contribution in [0.3, 0.4) is 0 Å². The van der Waals surface area contributed by atoms with Gasteiger partial charge < -0.3 is 4.74 Å². The highest BCUT2D eigenvalue weighted by Gasteiger charge is 2.14. The molecule has 0 saturated heterocycles. The molecule has 0 aliphatic heterocycles. The summed E-state index contributed by atoms with van der Waals surface area (Å²) >= 11 is 9.12. The molecule has 0 fully saturated rings. The zero-order chi connectivity index (χ0) is 25.3. The molecule has 0 saturated carbocycles. The fourth-order valence-corrected chi connectivity index (χ4v) is 4.90. The van der Waals surface area contributed by atoms with Crippen LogP contribution in [-0.4, -0.2) is 28.5 Å². The van der Waals surface area contributed by atoms with E-state index < -0.39 is 5.91 Å². The monoisotopic (exact) mass is 532 g/mol. The minimum Gasteiger partial charge on any atom is -0.493 e. The molecule has 0 aliphatic carbocycles. The Morgan fingerprint density at radius 3 is 2.58 bits per heavy atom. The Bertz CT molecular complexity index is 1410. The lowest BCUT2D eigenvalue weighted by atomic mass is 10.1. The van der Waals surface area contributed by atoms with Crippen LogP contribution in [0.2, 0.25) is 5.02 Å². The summed E-state index contributed by atoms with van der Waals surface area (Å²) in [6, 6.07) is 24.8. The van der Waals surface area contributed by atoms with Crippen molar-refractivity contribution in [3.05, 3.63) is 94.5 Å². The molecule has 4 aromatic rings. The second kappa shape index (κ2) is 12.4. The van der Waals surface area contributed by atoms with E-state index in [0.717, 1.165) is 17.1 Å². The first-order valence-corrected chi connectivity index (χ1v) is 13.1. The van der Waals surface area contributed by atoms with Gasteiger partial charge in [0.15, 0.2) is 5.01 Å². The number of carbonyl (C=O) groups is 1. The highest BCUT2D eigenvalue weighted by molar-refractivity contribution is 7.99. The van der Waals surface area contributed by atoms with Gasteiger partial charge in [0.1, 0.15) is 17.4 Å². The summed E-state index contributed by atoms with van der Waals surface area (Å²) in [5, 5.41) is 21.6. The molecule has 3 aromatic carbocycles. The number of anilines is 1. The lowest BCUT2D eigenvalue weighted by molar-refractivity contribution is -0.112. The number of aromatic nitrogens is 2. The lowest BCUT2D eigenvalue weighted by Crippen LogP contribution is -2.13. The van der Waals surface area contributed by atoms with Crippen molar-refractivity contribution >= 4 is 51.8 Å². The summed E-state index contributed by atoms with van der Waals surface area (Å²) in [4.78, 5) is 13.8. The maximum atomic E-state index is 12.6. The Balaban J connectivity index is 1.31. The predicted molar refractivity (Wildman–Crippen MR) is 146 cm³/mol. The summed E-state index contributed by atoms with van der Waals surface area (Å²) in [7, 11) is 0. The van der Waals surface area contributed by atoms with E-state index in [1.54, 1.807) is 30.0 Å². The molecule has 0 bridgehead atoms. The number of nitrogens with zero attached hydrogens (tertiary/aromatic N) is 3. The first kappa shape index (κ1) is 25.5. The van der Waals surface area contributed by atoms with Crippen LogP contribution in [0.15, 0.2) is 83.3 Å². The molecule has 36 heavy (non-hydrogen) atoms. The van der Waals surface area contributed by atoms with Gasteiger partial charge in [-0.1, -0.05) is 71.0 Å². The van der Waals surface area contributed by atoms with Gasteiger partial charge in [-0.2, -0.15) is 5.26 Å². The van der Waals surface area contributed by atoms with Gasteiger partial charge >= 0.3 is 0 Å². The Labute approximate surface area is 222 Å². The number of hydrogen-bond donors (Lipinski definition) is 1. The highest BCUT2D eigenvalue weighted by Crippen LogP contribution is 2.31. The van der Waals surface area contributed by atoms with E-state index in [-0.39, 0.29) is 10.7 Å². The number of hydrogen-bond acceptors (Lipinski definition) is 7. The first-order valence-electron chi connectivity index (χ1n) is 11.0. The number of carbonyl (C=O) groups excluding carboxylic acids is 1. The van der Waals surface area contributed by atoms with Crippen LogP contribution in [0.5, 0.6) is 5.75 Å². The van der Waals surface area contributed by atoms with E-state index in [2.05, 4.69) is 46.7 Å². The molecule has 0 unspecified atom stereocenters. The third-order valence-electron chi connectivity index (χ3n) is 4.95. The predicted octanol–water partition coefficient (Wildman–Crippen LogP) is 6.88. The number of ether oxygens (including phenoxy) is 1. The fraction of sp³-hybridized carbons (Fsp3) is 0.111. The molecule has 1 N–H and O–H groups in total. The van der Waals surface area contributed by atoms with Crippen LogP contribution in [0.1, 0.15) is 11.1 Å². The second-order valence-corrected chi connectivity index (χ2v) is 10.1. The summed E-state index contributed by atoms with van der Waals surface area (Å²) in [6.07, 6.45) is 1.52. The molecule has 1 aromatic heterocycles. The average molecular weight is 533 g/mol. The Morgan fingerprint density at radius 1 is 1.11 bits per heavy atom. The number of thioether (sulfide) groups is 1. The van der Waals surface area contributed by atoms with Crippen LogP contribution >= 0.6 is 34.7 Å². The normalized spacial score (nSPS) is 11.1. The average Bonchev–Trinajstić information content (AvgIpc) is 3.35. The molecule has 0 aliphatic rings. The topological polar surface area (TPSA) is 87.9 Å². The number of benzene rings is 3. The van der Waals surface area contributed by atoms with Crippen LogP contribution in [0.25, 0.3) is 16.6 Å². The van der Waals surface area contributed by atoms with Gasteiger partial charge in [-0.05, 0) is 48.9 Å². The van der Waals surface area contributed by atoms with Gasteiger partial charge in [0.25, 0.3) is 5.91 Å². The molecule has 1 heterocycles. The molecule has 9 heteroatoms. The van der Waals surface area contributed by atoms with Crippen molar-refractivity contribution in [2.75, 3.05) is 17.7 Å². The Morgan fingerprint density at radius 2 is 1.86 bits per heavy atom. The first-order chi connectivity index (χ1) is 17.5. The van der Waals surface area contributed by atoms with Crippen LogP contribution in [0, 0.1) is 18.3 Å². The molecule has 4 rings (SSSR count). The molecule has 0 radical (unpaired) electrons. The van der Waals surface area contributed by atoms with E-state index in [4.69, 9.17) is 16.3 Å². The lowest BCUT2D eigenvalue weighted by Gasteiger charge is -2.07. The van der Waals surface area contributed by atoms with E-state index in [1.807, 2.05) is 36.4 Å². The van der Waals surface area contributed by atoms with Gasteiger partial charge in [-0.15, -0.1) is 22.0 Å². The summed E-state index contributed by atoms with van der Waals surface area (Å²) in [5.41, 5.74) is 2.62. The number of nitrogens with one attached hydrogen (secondary N) is 1. The minimum absolute atomic E-state index is 0.0485. The highest BCUT2D eigenvalue weighted by atomic mass is 35.5. The Hall–Kier alpha value is -3.64. The van der Waals surface area contributed by atoms with Crippen molar-refractivity contribution in [3.63, 3.8) is 0 Å². The van der Waals surface area contributed by atoms with Crippen LogP contribution in [-0.2, 0) is 4.79 Å². The summed E-state index contributed by atoms with van der Waals surface area (Å²) < 4.78 is 5.80. The van der Waals surface area contributed by atoms with Gasteiger partial charge in [0, 0.05) is 16.2 Å². The van der Waals surface area contributed by atoms with Crippen molar-refractivity contribution < 1.29 is 9.53 Å². The minimum atomic E-state index is -0.562. The van der Waals surface area contributed by atoms with E-state index in [1.165, 1.54) is 27.9 Å². The standard InChI is InChI=1S/C27H21ClN4O2S2/c1-18-6-12-22(13-7-18)35-15-14-34-21-10-8-19(9-11-21)16-20(17-29)25(33)30-27-32-31-26(36-27)23-4-2-3-5-24(23)28/h2-13,16H,14-15H2,1H3,(H,30,32,33). The van der Waals surface area contributed by atoms with Crippen molar-refractivity contribution in [3.8, 4) is 22.4 Å². The Kier molecular flexibility index (Phi) is 8.74. The van der Waals surface area contributed by atoms with Crippen LogP contribution in [0.4, 0.5) is 5.13 Å². The van der Waals surface area contributed by atoms with Gasteiger partial charge in [0.2, 0.25) is 5.13 Å². The number of amides is 1. The zero-order valence-electron chi connectivity index (χ0n) is 19.3. The summed E-state index contributed by atoms with van der Waals surface area (Å²) in [6.45, 7) is 2.64. The zero-order valence-corrected chi connectivity index (χ0v) is 21.7. The van der Waals surface area contributed by atoms with Gasteiger partial charge in [-0.25, -0.2) is 0 Å². The van der Waals surface area contributed by atoms with Crippen molar-refractivity contribution in [1.82, 2.24) is 10.2 Å². The van der Waals surface area contributed by atoms with Crippen molar-refractivity contribution in [2.24, 2.45) is 0 Å². The van der Waals surface area contributed by atoms with Crippen molar-refractivity contribution in [2.45, 2.75) is 11.8 Å². The third kappa shape index (κ3) is 6.95. The van der Waals surface area contributed by atoms with E-state index >= 15 is 0 Å². The number of nitriles is 1. The largest absolute Gasteiger partial charge is 0.493 e. The molecular formula is C27H21ClN4O2S2. The van der Waals surface area contributed by atoms with Crippen LogP contribution < -0.4 is 10.1 Å². The number of halogens is 1. The molecule has 0 atom stereocenters. The number of rotatable bonds is 9. The number of aryl methyl sites for hydroxylation is 1. The molecule has 6 nitrogen and oxygen atoms in total. The molecule has 180 valence electrons. The molecule has 0 spiro atoms. The smallest absolute Gasteiger partial charge is 0.268 e. The quantitative estimate of drug-likeness (QED) is 0.109. The second-order valence-electron chi connectivity index (χ2n) is 7.60. The fourth-order valence-electron chi connectivity index (χ4n) is 3.11. The van der Waals surface area contributed by atoms with Gasteiger partial charge in [0.05, 0.1) is 11.6 Å². The summed E-state index contributed by atoms with van der Waals surface area (Å²) in [5.74, 6) is 0.987. The SMILES string of the molecule is Cc1ccc(SCCOc2ccc(C=C(C#N)C(=O)Nc3nnc(-c4ccccc4Cl)s3)cc2)cc1. The molecule has 1 amide bonds. The van der Waals surface area contributed by atoms with E-state index in [0.29, 0.717) is 22.2 Å². The van der Waals surface area contributed by atoms with Gasteiger partial charge in [-0.3, -0.25) is 10.1 Å². The van der Waals surface area contributed by atoms with Crippen molar-refractivity contribution in [1.29, 1.82) is 5.26 Å².